The van der Waals surface area contributed by atoms with Gasteiger partial charge in [0.2, 0.25) is 0 Å². The molecule has 2 rings (SSSR count). The number of methoxy groups -OCH3 is 2. The van der Waals surface area contributed by atoms with Gasteiger partial charge in [0.1, 0.15) is 17.1 Å². The lowest BCUT2D eigenvalue weighted by Crippen LogP contribution is -2.05. The van der Waals surface area contributed by atoms with Crippen molar-refractivity contribution >= 4 is 5.97 Å². The highest BCUT2D eigenvalue weighted by Crippen LogP contribution is 2.34. The summed E-state index contributed by atoms with van der Waals surface area (Å²) in [6, 6.07) is 5.33. The number of ether oxygens (including phenoxy) is 3. The molecular formula is C14H16N2O4. The topological polar surface area (TPSA) is 73.4 Å². The number of aromatic nitrogens is 2. The number of hydrogen-bond acceptors (Lipinski definition) is 5. The maximum absolute atomic E-state index is 11.9. The molecule has 0 aliphatic carbocycles. The molecule has 0 aliphatic rings. The standard InChI is InChI=1S/C14H16N2O4/c1-4-20-14(17)11-8-15-16-13(11)10-6-5-9(18-2)7-12(10)19-3/h5-8H,4H2,1-3H3,(H,15,16). The van der Waals surface area contributed by atoms with Gasteiger partial charge in [-0.1, -0.05) is 0 Å². The Hall–Kier alpha value is -2.50. The van der Waals surface area contributed by atoms with Crippen molar-refractivity contribution in [2.45, 2.75) is 6.92 Å². The second-order valence-electron chi connectivity index (χ2n) is 3.95. The van der Waals surface area contributed by atoms with E-state index in [1.807, 2.05) is 0 Å². The lowest BCUT2D eigenvalue weighted by atomic mass is 10.1. The molecule has 0 bridgehead atoms. The third-order valence-corrected chi connectivity index (χ3v) is 2.81. The van der Waals surface area contributed by atoms with Crippen LogP contribution >= 0.6 is 0 Å². The third kappa shape index (κ3) is 2.59. The predicted octanol–water partition coefficient (Wildman–Crippen LogP) is 2.27. The Morgan fingerprint density at radius 3 is 2.75 bits per heavy atom. The molecule has 0 spiro atoms. The van der Waals surface area contributed by atoms with E-state index < -0.39 is 5.97 Å². The summed E-state index contributed by atoms with van der Waals surface area (Å²) in [7, 11) is 3.13. The Bertz CT molecular complexity index is 607. The number of H-pyrrole nitrogens is 1. The van der Waals surface area contributed by atoms with Gasteiger partial charge in [-0.2, -0.15) is 5.10 Å². The minimum Gasteiger partial charge on any atom is -0.497 e. The van der Waals surface area contributed by atoms with Crippen molar-refractivity contribution in [2.24, 2.45) is 0 Å². The fourth-order valence-electron chi connectivity index (χ4n) is 1.86. The molecule has 0 atom stereocenters. The van der Waals surface area contributed by atoms with E-state index in [-0.39, 0.29) is 0 Å². The van der Waals surface area contributed by atoms with E-state index in [2.05, 4.69) is 10.2 Å². The molecule has 0 amide bonds. The number of carbonyl (C=O) groups is 1. The van der Waals surface area contributed by atoms with Gasteiger partial charge < -0.3 is 14.2 Å². The molecule has 0 radical (unpaired) electrons. The van der Waals surface area contributed by atoms with Crippen LogP contribution in [0.3, 0.4) is 0 Å². The SMILES string of the molecule is CCOC(=O)c1cn[nH]c1-c1ccc(OC)cc1OC. The molecule has 1 aromatic carbocycles. The van der Waals surface area contributed by atoms with Gasteiger partial charge in [0.15, 0.2) is 0 Å². The quantitative estimate of drug-likeness (QED) is 0.848. The van der Waals surface area contributed by atoms with Crippen LogP contribution in [-0.2, 0) is 4.74 Å². The molecule has 20 heavy (non-hydrogen) atoms. The van der Waals surface area contributed by atoms with Gasteiger partial charge in [0.05, 0.1) is 32.7 Å². The number of esters is 1. The van der Waals surface area contributed by atoms with Gasteiger partial charge in [0.25, 0.3) is 0 Å². The maximum Gasteiger partial charge on any atom is 0.341 e. The summed E-state index contributed by atoms with van der Waals surface area (Å²) in [4.78, 5) is 11.9. The molecule has 0 saturated heterocycles. The van der Waals surface area contributed by atoms with Crippen molar-refractivity contribution in [1.82, 2.24) is 10.2 Å². The van der Waals surface area contributed by atoms with Crippen LogP contribution in [-0.4, -0.2) is 37.0 Å². The molecule has 106 valence electrons. The first-order valence-corrected chi connectivity index (χ1v) is 6.14. The summed E-state index contributed by atoms with van der Waals surface area (Å²) in [6.45, 7) is 2.06. The number of nitrogens with one attached hydrogen (secondary N) is 1. The number of aromatic amines is 1. The Kier molecular flexibility index (Phi) is 4.24. The highest BCUT2D eigenvalue weighted by Gasteiger charge is 2.19. The monoisotopic (exact) mass is 276 g/mol. The Morgan fingerprint density at radius 1 is 1.30 bits per heavy atom. The molecule has 0 fully saturated rings. The molecular weight excluding hydrogens is 260 g/mol. The summed E-state index contributed by atoms with van der Waals surface area (Å²) < 4.78 is 15.5. The number of nitrogens with zero attached hydrogens (tertiary/aromatic N) is 1. The molecule has 1 N–H and O–H groups in total. The van der Waals surface area contributed by atoms with Crippen molar-refractivity contribution in [3.8, 4) is 22.8 Å². The third-order valence-electron chi connectivity index (χ3n) is 2.81. The molecule has 6 heteroatoms. The number of hydrogen-bond donors (Lipinski definition) is 1. The minimum absolute atomic E-state index is 0.309. The number of rotatable bonds is 5. The highest BCUT2D eigenvalue weighted by atomic mass is 16.5. The summed E-state index contributed by atoms with van der Waals surface area (Å²) >= 11 is 0. The van der Waals surface area contributed by atoms with Crippen LogP contribution in [0.25, 0.3) is 11.3 Å². The lowest BCUT2D eigenvalue weighted by Gasteiger charge is -2.10. The Morgan fingerprint density at radius 2 is 2.10 bits per heavy atom. The summed E-state index contributed by atoms with van der Waals surface area (Å²) in [5, 5.41) is 6.71. The van der Waals surface area contributed by atoms with Crippen LogP contribution in [0, 0.1) is 0 Å². The molecule has 1 heterocycles. The van der Waals surface area contributed by atoms with Crippen molar-refractivity contribution in [1.29, 1.82) is 0 Å². The molecule has 6 nitrogen and oxygen atoms in total. The summed E-state index contributed by atoms with van der Waals surface area (Å²) in [5.74, 6) is 0.830. The average Bonchev–Trinajstić information content (AvgIpc) is 2.96. The second-order valence-corrected chi connectivity index (χ2v) is 3.95. The Labute approximate surface area is 116 Å². The van der Waals surface area contributed by atoms with Crippen LogP contribution in [0.2, 0.25) is 0 Å². The van der Waals surface area contributed by atoms with E-state index in [9.17, 15) is 4.79 Å². The fourth-order valence-corrected chi connectivity index (χ4v) is 1.86. The van der Waals surface area contributed by atoms with Crippen LogP contribution < -0.4 is 9.47 Å². The first-order valence-electron chi connectivity index (χ1n) is 6.14. The zero-order chi connectivity index (χ0) is 14.5. The van der Waals surface area contributed by atoms with E-state index in [1.165, 1.54) is 6.20 Å². The molecule has 0 aliphatic heterocycles. The van der Waals surface area contributed by atoms with Gasteiger partial charge in [-0.05, 0) is 19.1 Å². The zero-order valence-corrected chi connectivity index (χ0v) is 11.6. The lowest BCUT2D eigenvalue weighted by molar-refractivity contribution is 0.0527. The zero-order valence-electron chi connectivity index (χ0n) is 11.6. The number of carbonyl (C=O) groups excluding carboxylic acids is 1. The first kappa shape index (κ1) is 13.9. The number of benzene rings is 1. The first-order chi connectivity index (χ1) is 9.71. The van der Waals surface area contributed by atoms with Crippen molar-refractivity contribution in [2.75, 3.05) is 20.8 Å². The molecule has 2 aromatic rings. The fraction of sp³-hybridized carbons (Fsp3) is 0.286. The average molecular weight is 276 g/mol. The van der Waals surface area contributed by atoms with E-state index in [4.69, 9.17) is 14.2 Å². The predicted molar refractivity (Wildman–Crippen MR) is 73.1 cm³/mol. The van der Waals surface area contributed by atoms with Crippen LogP contribution in [0.4, 0.5) is 0 Å². The van der Waals surface area contributed by atoms with Gasteiger partial charge >= 0.3 is 5.97 Å². The van der Waals surface area contributed by atoms with E-state index in [0.29, 0.717) is 34.9 Å². The molecule has 0 unspecified atom stereocenters. The Balaban J connectivity index is 2.47. The smallest absolute Gasteiger partial charge is 0.341 e. The second kappa shape index (κ2) is 6.10. The summed E-state index contributed by atoms with van der Waals surface area (Å²) in [5.41, 5.74) is 1.65. The highest BCUT2D eigenvalue weighted by molar-refractivity contribution is 5.96. The normalized spacial score (nSPS) is 10.2. The van der Waals surface area contributed by atoms with Gasteiger partial charge in [-0.25, -0.2) is 4.79 Å². The van der Waals surface area contributed by atoms with Gasteiger partial charge in [-0.3, -0.25) is 5.10 Å². The van der Waals surface area contributed by atoms with E-state index >= 15 is 0 Å². The van der Waals surface area contributed by atoms with Crippen LogP contribution in [0.1, 0.15) is 17.3 Å². The maximum atomic E-state index is 11.9. The van der Waals surface area contributed by atoms with Crippen LogP contribution in [0.5, 0.6) is 11.5 Å². The molecule has 0 saturated carbocycles. The van der Waals surface area contributed by atoms with E-state index in [1.54, 1.807) is 39.3 Å². The van der Waals surface area contributed by atoms with Gasteiger partial charge in [0, 0.05) is 11.6 Å². The van der Waals surface area contributed by atoms with Crippen molar-refractivity contribution in [3.63, 3.8) is 0 Å². The van der Waals surface area contributed by atoms with Crippen molar-refractivity contribution < 1.29 is 19.0 Å². The largest absolute Gasteiger partial charge is 0.497 e. The molecule has 1 aromatic heterocycles. The van der Waals surface area contributed by atoms with E-state index in [0.717, 1.165) is 0 Å². The van der Waals surface area contributed by atoms with Crippen molar-refractivity contribution in [3.05, 3.63) is 30.0 Å². The van der Waals surface area contributed by atoms with Gasteiger partial charge in [-0.15, -0.1) is 0 Å². The summed E-state index contributed by atoms with van der Waals surface area (Å²) in [6.07, 6.45) is 1.44. The minimum atomic E-state index is -0.422. The van der Waals surface area contributed by atoms with Crippen LogP contribution in [0.15, 0.2) is 24.4 Å².